The van der Waals surface area contributed by atoms with Gasteiger partial charge in [-0.3, -0.25) is 18.5 Å². The molecular formula is C22H22N6O2. The van der Waals surface area contributed by atoms with E-state index in [4.69, 9.17) is 0 Å². The van der Waals surface area contributed by atoms with Crippen molar-refractivity contribution < 1.29 is 0 Å². The number of rotatable bonds is 3. The fraction of sp³-hybridized carbons (Fsp3) is 0.273. The molecule has 1 aliphatic heterocycles. The Hall–Kier alpha value is -3.68. The summed E-state index contributed by atoms with van der Waals surface area (Å²) in [6, 6.07) is 13.9. The predicted octanol–water partition coefficient (Wildman–Crippen LogP) is 2.31. The zero-order valence-corrected chi connectivity index (χ0v) is 17.2. The fourth-order valence-electron chi connectivity index (χ4n) is 4.17. The first kappa shape index (κ1) is 18.4. The van der Waals surface area contributed by atoms with Crippen molar-refractivity contribution in [2.75, 3.05) is 11.6 Å². The number of hydrogen-bond acceptors (Lipinski definition) is 5. The first-order chi connectivity index (χ1) is 14.5. The van der Waals surface area contributed by atoms with E-state index < -0.39 is 0 Å². The Kier molecular flexibility index (Phi) is 4.09. The summed E-state index contributed by atoms with van der Waals surface area (Å²) in [5.41, 5.74) is 1.93. The van der Waals surface area contributed by atoms with Gasteiger partial charge in [-0.15, -0.1) is 0 Å². The lowest BCUT2D eigenvalue weighted by molar-refractivity contribution is 0.655. The molecule has 0 N–H and O–H groups in total. The summed E-state index contributed by atoms with van der Waals surface area (Å²) in [5.74, 6) is 0.591. The molecule has 0 saturated heterocycles. The van der Waals surface area contributed by atoms with E-state index in [1.165, 1.54) is 9.13 Å². The van der Waals surface area contributed by atoms with Gasteiger partial charge in [0.05, 0.1) is 18.8 Å². The van der Waals surface area contributed by atoms with Gasteiger partial charge in [-0.05, 0) is 30.2 Å². The number of aromatic nitrogens is 4. The highest BCUT2D eigenvalue weighted by atomic mass is 16.2. The molecule has 0 aliphatic carbocycles. The third-order valence-corrected chi connectivity index (χ3v) is 5.63. The van der Waals surface area contributed by atoms with E-state index in [0.29, 0.717) is 30.2 Å². The lowest BCUT2D eigenvalue weighted by Crippen LogP contribution is -2.40. The quantitative estimate of drug-likeness (QED) is 0.527. The normalized spacial score (nSPS) is 13.7. The van der Waals surface area contributed by atoms with Crippen LogP contribution in [0.2, 0.25) is 0 Å². The second-order valence-corrected chi connectivity index (χ2v) is 7.59. The van der Waals surface area contributed by atoms with Crippen molar-refractivity contribution in [3.05, 3.63) is 68.9 Å². The summed E-state index contributed by atoms with van der Waals surface area (Å²) in [6.45, 7) is 5.20. The van der Waals surface area contributed by atoms with Crippen LogP contribution in [0.3, 0.4) is 0 Å². The molecule has 2 aromatic heterocycles. The molecule has 8 nitrogen and oxygen atoms in total. The Morgan fingerprint density at radius 1 is 1.07 bits per heavy atom. The number of hydrogen-bond donors (Lipinski definition) is 0. The number of imidazole rings is 1. The van der Waals surface area contributed by atoms with Crippen LogP contribution in [0.1, 0.15) is 19.4 Å². The van der Waals surface area contributed by atoms with Crippen molar-refractivity contribution in [2.45, 2.75) is 26.9 Å². The Morgan fingerprint density at radius 2 is 1.83 bits per heavy atom. The average Bonchev–Trinajstić information content (AvgIpc) is 3.14. The van der Waals surface area contributed by atoms with Crippen LogP contribution in [0.4, 0.5) is 5.95 Å². The summed E-state index contributed by atoms with van der Waals surface area (Å²) in [6.07, 6.45) is 0. The van der Waals surface area contributed by atoms with Gasteiger partial charge in [-0.25, -0.2) is 9.80 Å². The Bertz CT molecular complexity index is 1450. The van der Waals surface area contributed by atoms with Crippen molar-refractivity contribution in [3.8, 4) is 0 Å². The molecule has 152 valence electrons. The molecule has 0 spiro atoms. The van der Waals surface area contributed by atoms with Gasteiger partial charge in [0, 0.05) is 13.6 Å². The van der Waals surface area contributed by atoms with E-state index in [1.54, 1.807) is 12.1 Å². The lowest BCUT2D eigenvalue weighted by Gasteiger charge is -2.23. The number of aryl methyl sites for hydroxylation is 1. The van der Waals surface area contributed by atoms with Crippen LogP contribution in [0.15, 0.2) is 57.2 Å². The highest BCUT2D eigenvalue weighted by molar-refractivity contribution is 5.88. The highest BCUT2D eigenvalue weighted by Crippen LogP contribution is 2.24. The van der Waals surface area contributed by atoms with Gasteiger partial charge in [0.25, 0.3) is 5.56 Å². The molecule has 1 aliphatic rings. The predicted molar refractivity (Wildman–Crippen MR) is 118 cm³/mol. The van der Waals surface area contributed by atoms with Crippen molar-refractivity contribution in [2.24, 2.45) is 12.1 Å². The van der Waals surface area contributed by atoms with Crippen molar-refractivity contribution in [1.29, 1.82) is 0 Å². The van der Waals surface area contributed by atoms with Gasteiger partial charge in [-0.1, -0.05) is 42.5 Å². The van der Waals surface area contributed by atoms with Gasteiger partial charge in [0.1, 0.15) is 0 Å². The van der Waals surface area contributed by atoms with Crippen molar-refractivity contribution >= 4 is 33.6 Å². The Labute approximate surface area is 172 Å². The largest absolute Gasteiger partial charge is 0.332 e. The molecule has 0 radical (unpaired) electrons. The maximum Gasteiger partial charge on any atom is 0.332 e. The van der Waals surface area contributed by atoms with Gasteiger partial charge >= 0.3 is 5.69 Å². The van der Waals surface area contributed by atoms with Gasteiger partial charge < -0.3 is 0 Å². The molecule has 0 unspecified atom stereocenters. The minimum Gasteiger partial charge on any atom is -0.297 e. The first-order valence-corrected chi connectivity index (χ1v) is 9.98. The first-order valence-electron chi connectivity index (χ1n) is 9.98. The monoisotopic (exact) mass is 402 g/mol. The zero-order valence-electron chi connectivity index (χ0n) is 17.2. The van der Waals surface area contributed by atoms with E-state index in [-0.39, 0.29) is 17.8 Å². The SMILES string of the molecule is CCN1N=C(C)Cn2c1nc1c2c(=O)n(Cc2cccc3ccccc23)c(=O)n1C. The molecule has 30 heavy (non-hydrogen) atoms. The molecule has 0 fully saturated rings. The Morgan fingerprint density at radius 3 is 2.63 bits per heavy atom. The maximum atomic E-state index is 13.5. The molecule has 3 heterocycles. The van der Waals surface area contributed by atoms with E-state index in [0.717, 1.165) is 22.0 Å². The van der Waals surface area contributed by atoms with Gasteiger partial charge in [-0.2, -0.15) is 10.1 Å². The topological polar surface area (TPSA) is 77.4 Å². The number of anilines is 1. The molecule has 0 atom stereocenters. The average molecular weight is 402 g/mol. The molecule has 5 rings (SSSR count). The summed E-state index contributed by atoms with van der Waals surface area (Å²) in [4.78, 5) is 31.2. The van der Waals surface area contributed by atoms with Crippen LogP contribution in [-0.2, 0) is 20.1 Å². The van der Waals surface area contributed by atoms with Crippen LogP contribution >= 0.6 is 0 Å². The smallest absolute Gasteiger partial charge is 0.297 e. The number of nitrogens with zero attached hydrogens (tertiary/aromatic N) is 6. The minimum absolute atomic E-state index is 0.202. The van der Waals surface area contributed by atoms with E-state index in [2.05, 4.69) is 10.1 Å². The molecule has 0 amide bonds. The second-order valence-electron chi connectivity index (χ2n) is 7.59. The van der Waals surface area contributed by atoms with Crippen LogP contribution in [-0.4, -0.2) is 30.9 Å². The van der Waals surface area contributed by atoms with Crippen LogP contribution in [0.25, 0.3) is 21.9 Å². The summed E-state index contributed by atoms with van der Waals surface area (Å²) in [5, 5.41) is 8.38. The van der Waals surface area contributed by atoms with Crippen LogP contribution < -0.4 is 16.3 Å². The highest BCUT2D eigenvalue weighted by Gasteiger charge is 2.26. The van der Waals surface area contributed by atoms with E-state index >= 15 is 0 Å². The van der Waals surface area contributed by atoms with E-state index in [1.807, 2.05) is 60.9 Å². The summed E-state index contributed by atoms with van der Waals surface area (Å²) < 4.78 is 4.62. The standard InChI is InChI=1S/C22H22N6O2/c1-4-28-21-23-19-18(26(21)12-14(2)24-28)20(29)27(22(30)25(19)3)13-16-10-7-9-15-8-5-6-11-17(15)16/h5-11H,4,12-13H2,1-3H3. The number of benzene rings is 2. The fourth-order valence-corrected chi connectivity index (χ4v) is 4.17. The number of fused-ring (bicyclic) bond motifs is 4. The molecule has 8 heteroatoms. The third-order valence-electron chi connectivity index (χ3n) is 5.63. The molecule has 2 aromatic carbocycles. The number of hydrazone groups is 1. The second kappa shape index (κ2) is 6.69. The van der Waals surface area contributed by atoms with Gasteiger partial charge in [0.15, 0.2) is 11.2 Å². The zero-order chi connectivity index (χ0) is 21.0. The molecular weight excluding hydrogens is 380 g/mol. The molecule has 0 bridgehead atoms. The summed E-state index contributed by atoms with van der Waals surface area (Å²) >= 11 is 0. The maximum absolute atomic E-state index is 13.5. The third kappa shape index (κ3) is 2.60. The molecule has 0 saturated carbocycles. The van der Waals surface area contributed by atoms with Crippen LogP contribution in [0, 0.1) is 0 Å². The van der Waals surface area contributed by atoms with E-state index in [9.17, 15) is 9.59 Å². The minimum atomic E-state index is -0.378. The van der Waals surface area contributed by atoms with Crippen molar-refractivity contribution in [1.82, 2.24) is 18.7 Å². The lowest BCUT2D eigenvalue weighted by atomic mass is 10.0. The van der Waals surface area contributed by atoms with Crippen LogP contribution in [0.5, 0.6) is 0 Å². The van der Waals surface area contributed by atoms with Gasteiger partial charge in [0.2, 0.25) is 5.95 Å². The summed E-state index contributed by atoms with van der Waals surface area (Å²) in [7, 11) is 1.66. The molecule has 4 aromatic rings. The Balaban J connectivity index is 1.76. The van der Waals surface area contributed by atoms with Crippen molar-refractivity contribution in [3.63, 3.8) is 0 Å².